The highest BCUT2D eigenvalue weighted by Gasteiger charge is 2.23. The Hall–Kier alpha value is -7.34. The quantitative estimate of drug-likeness (QED) is 0.169. The van der Waals surface area contributed by atoms with Crippen molar-refractivity contribution in [2.45, 2.75) is 0 Å². The minimum Gasteiger partial charge on any atom is -0.308 e. The van der Waals surface area contributed by atoms with Crippen molar-refractivity contribution in [2.24, 2.45) is 0 Å². The monoisotopic (exact) mass is 742 g/mol. The molecule has 0 unspecified atom stereocenters. The Morgan fingerprint density at radius 1 is 0.368 bits per heavy atom. The fraction of sp³-hybridized carbons (Fsp3) is 0. The van der Waals surface area contributed by atoms with Gasteiger partial charge in [0.2, 0.25) is 0 Å². The Bertz CT molecular complexity index is 3780. The van der Waals surface area contributed by atoms with Crippen molar-refractivity contribution in [3.8, 4) is 22.6 Å². The molecule has 0 atom stereocenters. The first-order chi connectivity index (χ1) is 28.3. The van der Waals surface area contributed by atoms with Crippen LogP contribution < -0.4 is 0 Å². The van der Waals surface area contributed by atoms with Crippen molar-refractivity contribution in [3.63, 3.8) is 0 Å². The Morgan fingerprint density at radius 3 is 1.60 bits per heavy atom. The predicted octanol–water partition coefficient (Wildman–Crippen LogP) is 14.2. The lowest BCUT2D eigenvalue weighted by Gasteiger charge is -2.12. The molecule has 4 aromatic heterocycles. The van der Waals surface area contributed by atoms with Crippen LogP contribution in [0, 0.1) is 0 Å². The fourth-order valence-corrected chi connectivity index (χ4v) is 10.9. The van der Waals surface area contributed by atoms with E-state index in [1.54, 1.807) is 0 Å². The maximum absolute atomic E-state index is 5.47. The third kappa shape index (κ3) is 4.21. The standard InChI is InChI=1S/C52H30N4S/c1-2-14-31(15-3-1)32-22-12-23-37-38-24-13-27-45(52(38)57-51(32)37)55-41-25-10-8-20-39(41)47-43(55)28-29-44-48(47)40-21-9-11-26-42(40)56(44)46-30-53-49-35-18-6-4-16-33(35)34-17-5-7-19-36(34)50(49)54-46/h1-30H. The molecule has 0 amide bonds. The molecule has 13 aromatic rings. The molecule has 0 aliphatic heterocycles. The van der Waals surface area contributed by atoms with Crippen LogP contribution in [0.1, 0.15) is 0 Å². The van der Waals surface area contributed by atoms with E-state index in [9.17, 15) is 0 Å². The van der Waals surface area contributed by atoms with Gasteiger partial charge in [-0.2, -0.15) is 0 Å². The van der Waals surface area contributed by atoms with E-state index in [2.05, 4.69) is 185 Å². The molecule has 13 rings (SSSR count). The number of fused-ring (bicyclic) bond motifs is 16. The molecule has 4 nitrogen and oxygen atoms in total. The molecule has 0 aliphatic rings. The van der Waals surface area contributed by atoms with Gasteiger partial charge < -0.3 is 4.57 Å². The van der Waals surface area contributed by atoms with E-state index < -0.39 is 0 Å². The van der Waals surface area contributed by atoms with E-state index in [4.69, 9.17) is 9.97 Å². The molecule has 9 aromatic carbocycles. The maximum atomic E-state index is 5.47. The maximum Gasteiger partial charge on any atom is 0.156 e. The summed E-state index contributed by atoms with van der Waals surface area (Å²) in [6.45, 7) is 0. The van der Waals surface area contributed by atoms with Gasteiger partial charge in [0.25, 0.3) is 0 Å². The summed E-state index contributed by atoms with van der Waals surface area (Å²) in [6, 6.07) is 63.6. The van der Waals surface area contributed by atoms with Crippen LogP contribution in [-0.2, 0) is 0 Å². The highest BCUT2D eigenvalue weighted by Crippen LogP contribution is 2.46. The largest absolute Gasteiger partial charge is 0.308 e. The number of hydrogen-bond acceptors (Lipinski definition) is 3. The number of rotatable bonds is 3. The number of para-hydroxylation sites is 2. The van der Waals surface area contributed by atoms with Crippen molar-refractivity contribution >= 4 is 108 Å². The van der Waals surface area contributed by atoms with Gasteiger partial charge >= 0.3 is 0 Å². The molecule has 0 spiro atoms. The third-order valence-corrected chi connectivity index (χ3v) is 13.2. The van der Waals surface area contributed by atoms with Crippen LogP contribution in [0.4, 0.5) is 0 Å². The van der Waals surface area contributed by atoms with E-state index in [0.717, 1.165) is 38.7 Å². The summed E-state index contributed by atoms with van der Waals surface area (Å²) in [5.41, 5.74) is 10.1. The summed E-state index contributed by atoms with van der Waals surface area (Å²) < 4.78 is 7.40. The lowest BCUT2D eigenvalue weighted by Crippen LogP contribution is -2.00. The van der Waals surface area contributed by atoms with Gasteiger partial charge in [-0.1, -0.05) is 146 Å². The van der Waals surface area contributed by atoms with Gasteiger partial charge in [-0.3, -0.25) is 9.55 Å². The number of thiophene rings is 1. The lowest BCUT2D eigenvalue weighted by atomic mass is 10.00. The number of aromatic nitrogens is 4. The van der Waals surface area contributed by atoms with E-state index >= 15 is 0 Å². The average Bonchev–Trinajstić information content (AvgIpc) is 3.94. The average molecular weight is 743 g/mol. The first-order valence-electron chi connectivity index (χ1n) is 19.3. The second-order valence-electron chi connectivity index (χ2n) is 14.9. The number of benzene rings is 9. The molecule has 0 fully saturated rings. The topological polar surface area (TPSA) is 35.6 Å². The van der Waals surface area contributed by atoms with Gasteiger partial charge in [0.15, 0.2) is 5.82 Å². The van der Waals surface area contributed by atoms with Gasteiger partial charge in [0, 0.05) is 47.8 Å². The molecule has 0 radical (unpaired) electrons. The number of hydrogen-bond donors (Lipinski definition) is 0. The summed E-state index contributed by atoms with van der Waals surface area (Å²) in [4.78, 5) is 10.6. The van der Waals surface area contributed by atoms with Crippen LogP contribution in [0.5, 0.6) is 0 Å². The smallest absolute Gasteiger partial charge is 0.156 e. The van der Waals surface area contributed by atoms with E-state index in [0.29, 0.717) is 0 Å². The Labute approximate surface area is 330 Å². The zero-order chi connectivity index (χ0) is 37.2. The minimum atomic E-state index is 0.807. The zero-order valence-electron chi connectivity index (χ0n) is 30.5. The van der Waals surface area contributed by atoms with Gasteiger partial charge in [-0.05, 0) is 52.2 Å². The SMILES string of the molecule is c1ccc(-c2cccc3c2sc2c(-n4c5ccccc5c5c6c7ccccc7n(-c7cnc8c9ccccc9c9ccccc9c8n7)c6ccc54)cccc23)cc1. The Morgan fingerprint density at radius 2 is 0.895 bits per heavy atom. The molecular formula is C52H30N4S. The second-order valence-corrected chi connectivity index (χ2v) is 15.9. The van der Waals surface area contributed by atoms with Crippen LogP contribution in [0.15, 0.2) is 182 Å². The van der Waals surface area contributed by atoms with Gasteiger partial charge in [-0.25, -0.2) is 4.98 Å². The van der Waals surface area contributed by atoms with Crippen molar-refractivity contribution in [1.29, 1.82) is 0 Å². The predicted molar refractivity (Wildman–Crippen MR) is 242 cm³/mol. The molecule has 0 saturated heterocycles. The molecular weight excluding hydrogens is 713 g/mol. The minimum absolute atomic E-state index is 0.807. The Kier molecular flexibility index (Phi) is 6.29. The molecule has 0 aliphatic carbocycles. The van der Waals surface area contributed by atoms with Crippen molar-refractivity contribution in [3.05, 3.63) is 182 Å². The first kappa shape index (κ1) is 30.9. The van der Waals surface area contributed by atoms with Crippen LogP contribution in [0.2, 0.25) is 0 Å². The summed E-state index contributed by atoms with van der Waals surface area (Å²) in [7, 11) is 0. The fourth-order valence-electron chi connectivity index (χ4n) is 9.57. The zero-order valence-corrected chi connectivity index (χ0v) is 31.3. The highest BCUT2D eigenvalue weighted by atomic mass is 32.1. The molecule has 0 bridgehead atoms. The number of nitrogens with zero attached hydrogens (tertiary/aromatic N) is 4. The van der Waals surface area contributed by atoms with Crippen LogP contribution in [0.25, 0.3) is 119 Å². The van der Waals surface area contributed by atoms with Crippen molar-refractivity contribution < 1.29 is 0 Å². The van der Waals surface area contributed by atoms with E-state index in [1.807, 2.05) is 17.5 Å². The van der Waals surface area contributed by atoms with E-state index in [-0.39, 0.29) is 0 Å². The molecule has 264 valence electrons. The van der Waals surface area contributed by atoms with Crippen LogP contribution >= 0.6 is 11.3 Å². The van der Waals surface area contributed by atoms with Crippen LogP contribution in [-0.4, -0.2) is 19.1 Å². The summed E-state index contributed by atoms with van der Waals surface area (Å²) >= 11 is 1.89. The third-order valence-electron chi connectivity index (χ3n) is 11.9. The van der Waals surface area contributed by atoms with Crippen molar-refractivity contribution in [2.75, 3.05) is 0 Å². The summed E-state index contributed by atoms with van der Waals surface area (Å²) in [6.07, 6.45) is 1.95. The van der Waals surface area contributed by atoms with Gasteiger partial charge in [0.1, 0.15) is 0 Å². The molecule has 0 saturated carbocycles. The first-order valence-corrected chi connectivity index (χ1v) is 20.2. The van der Waals surface area contributed by atoms with Crippen LogP contribution in [0.3, 0.4) is 0 Å². The summed E-state index contributed by atoms with van der Waals surface area (Å²) in [5.74, 6) is 0.807. The lowest BCUT2D eigenvalue weighted by molar-refractivity contribution is 1.08. The van der Waals surface area contributed by atoms with E-state index in [1.165, 1.54) is 80.3 Å². The van der Waals surface area contributed by atoms with Gasteiger partial charge in [0.05, 0.1) is 49.7 Å². The second kappa shape index (κ2) is 11.6. The normalized spacial score (nSPS) is 12.2. The molecule has 0 N–H and O–H groups in total. The Balaban J connectivity index is 1.11. The summed E-state index contributed by atoms with van der Waals surface area (Å²) in [5, 5.41) is 12.1. The molecule has 4 heterocycles. The highest BCUT2D eigenvalue weighted by molar-refractivity contribution is 7.26. The van der Waals surface area contributed by atoms with Gasteiger partial charge in [-0.15, -0.1) is 11.3 Å². The van der Waals surface area contributed by atoms with Crippen molar-refractivity contribution in [1.82, 2.24) is 19.1 Å². The molecule has 57 heavy (non-hydrogen) atoms. The molecule has 5 heteroatoms.